The summed E-state index contributed by atoms with van der Waals surface area (Å²) in [6.07, 6.45) is 4.89. The number of amides is 1. The minimum absolute atomic E-state index is 0.164. The van der Waals surface area contributed by atoms with E-state index < -0.39 is 17.8 Å². The van der Waals surface area contributed by atoms with Gasteiger partial charge in [-0.15, -0.1) is 0 Å². The van der Waals surface area contributed by atoms with E-state index in [1.54, 1.807) is 30.2 Å². The number of anilines is 1. The highest BCUT2D eigenvalue weighted by molar-refractivity contribution is 6.06. The van der Waals surface area contributed by atoms with Gasteiger partial charge in [0.05, 0.1) is 12.9 Å². The Morgan fingerprint density at radius 2 is 1.96 bits per heavy atom. The first-order valence-electron chi connectivity index (χ1n) is 9.17. The van der Waals surface area contributed by atoms with Gasteiger partial charge < -0.3 is 14.6 Å². The van der Waals surface area contributed by atoms with E-state index in [0.29, 0.717) is 5.69 Å². The molecule has 2 aromatic carbocycles. The first-order chi connectivity index (χ1) is 13.6. The van der Waals surface area contributed by atoms with Gasteiger partial charge in [0.25, 0.3) is 0 Å². The van der Waals surface area contributed by atoms with Gasteiger partial charge in [-0.3, -0.25) is 9.59 Å². The van der Waals surface area contributed by atoms with Gasteiger partial charge in [-0.1, -0.05) is 42.5 Å². The highest BCUT2D eigenvalue weighted by atomic mass is 16.5. The maximum absolute atomic E-state index is 13.0. The third kappa shape index (κ3) is 4.65. The Hall–Kier alpha value is -3.41. The summed E-state index contributed by atoms with van der Waals surface area (Å²) in [6.45, 7) is 4.06. The second-order valence-electron chi connectivity index (χ2n) is 6.47. The Balaban J connectivity index is 1.89. The van der Waals surface area contributed by atoms with Crippen molar-refractivity contribution in [2.45, 2.75) is 20.4 Å². The maximum Gasteiger partial charge on any atom is 0.320 e. The lowest BCUT2D eigenvalue weighted by molar-refractivity contribution is -0.151. The monoisotopic (exact) mass is 377 g/mol. The number of nitrogens with zero attached hydrogens (tertiary/aromatic N) is 2. The summed E-state index contributed by atoms with van der Waals surface area (Å²) in [5.41, 5.74) is 3.55. The van der Waals surface area contributed by atoms with Crippen molar-refractivity contribution >= 4 is 17.6 Å². The van der Waals surface area contributed by atoms with Crippen LogP contribution in [0.1, 0.15) is 12.5 Å². The highest BCUT2D eigenvalue weighted by Crippen LogP contribution is 2.29. The average molecular weight is 377 g/mol. The van der Waals surface area contributed by atoms with Crippen LogP contribution in [0.25, 0.3) is 11.1 Å². The van der Waals surface area contributed by atoms with Crippen molar-refractivity contribution in [2.75, 3.05) is 11.9 Å². The molecule has 0 saturated carbocycles. The van der Waals surface area contributed by atoms with Gasteiger partial charge in [0.1, 0.15) is 0 Å². The number of carbonyl (C=O) groups is 2. The molecule has 1 aromatic heterocycles. The van der Waals surface area contributed by atoms with Crippen molar-refractivity contribution in [2.24, 2.45) is 5.92 Å². The Kier molecular flexibility index (Phi) is 6.22. The molecule has 1 atom stereocenters. The molecular formula is C22H23N3O3. The van der Waals surface area contributed by atoms with E-state index in [1.165, 1.54) is 0 Å². The van der Waals surface area contributed by atoms with E-state index in [9.17, 15) is 9.59 Å². The fourth-order valence-corrected chi connectivity index (χ4v) is 2.96. The standard InChI is InChI=1S/C22H23N3O3/c1-3-28-22(27)19(14-25-12-11-23-15-25)21(26)24-20-13-16(2)9-10-18(20)17-7-5-4-6-8-17/h4-13,15,19H,3,14H2,1-2H3,(H,24,26)/t19-/m0/s1. The molecule has 0 bridgehead atoms. The van der Waals surface area contributed by atoms with Crippen molar-refractivity contribution in [3.05, 3.63) is 72.8 Å². The summed E-state index contributed by atoms with van der Waals surface area (Å²) in [6, 6.07) is 15.7. The van der Waals surface area contributed by atoms with Gasteiger partial charge in [0, 0.05) is 30.2 Å². The van der Waals surface area contributed by atoms with Gasteiger partial charge in [-0.25, -0.2) is 4.98 Å². The Bertz CT molecular complexity index is 937. The van der Waals surface area contributed by atoms with Crippen molar-refractivity contribution in [3.8, 4) is 11.1 Å². The zero-order valence-corrected chi connectivity index (χ0v) is 16.0. The minimum Gasteiger partial charge on any atom is -0.465 e. The summed E-state index contributed by atoms with van der Waals surface area (Å²) in [4.78, 5) is 29.4. The smallest absolute Gasteiger partial charge is 0.320 e. The van der Waals surface area contributed by atoms with E-state index in [-0.39, 0.29) is 13.2 Å². The average Bonchev–Trinajstić information content (AvgIpc) is 3.20. The number of nitrogens with one attached hydrogen (secondary N) is 1. The van der Waals surface area contributed by atoms with Crippen molar-refractivity contribution in [1.29, 1.82) is 0 Å². The summed E-state index contributed by atoms with van der Waals surface area (Å²) in [7, 11) is 0. The Morgan fingerprint density at radius 3 is 2.64 bits per heavy atom. The van der Waals surface area contributed by atoms with E-state index >= 15 is 0 Å². The second-order valence-corrected chi connectivity index (χ2v) is 6.47. The molecule has 0 aliphatic heterocycles. The molecule has 1 heterocycles. The normalized spacial score (nSPS) is 11.6. The van der Waals surface area contributed by atoms with Crippen LogP contribution in [-0.4, -0.2) is 28.0 Å². The number of ether oxygens (including phenoxy) is 1. The molecule has 0 unspecified atom stereocenters. The third-order valence-corrected chi connectivity index (χ3v) is 4.36. The molecule has 28 heavy (non-hydrogen) atoms. The summed E-state index contributed by atoms with van der Waals surface area (Å²) in [5.74, 6) is -1.93. The molecule has 1 N–H and O–H groups in total. The van der Waals surface area contributed by atoms with Gasteiger partial charge in [0.2, 0.25) is 5.91 Å². The number of aryl methyl sites for hydroxylation is 1. The number of imidazole rings is 1. The van der Waals surface area contributed by atoms with Gasteiger partial charge in [-0.05, 0) is 31.0 Å². The number of aromatic nitrogens is 2. The molecule has 3 aromatic rings. The maximum atomic E-state index is 13.0. The summed E-state index contributed by atoms with van der Waals surface area (Å²) in [5, 5.41) is 2.93. The molecule has 144 valence electrons. The van der Waals surface area contributed by atoms with E-state index in [4.69, 9.17) is 4.74 Å². The summed E-state index contributed by atoms with van der Waals surface area (Å²) >= 11 is 0. The van der Waals surface area contributed by atoms with Crippen LogP contribution in [0.15, 0.2) is 67.3 Å². The molecule has 0 aliphatic carbocycles. The Labute approximate surface area is 164 Å². The molecule has 1 amide bonds. The fourth-order valence-electron chi connectivity index (χ4n) is 2.96. The number of benzene rings is 2. The van der Waals surface area contributed by atoms with Crippen LogP contribution in [-0.2, 0) is 20.9 Å². The molecule has 3 rings (SSSR count). The largest absolute Gasteiger partial charge is 0.465 e. The molecule has 6 nitrogen and oxygen atoms in total. The Morgan fingerprint density at radius 1 is 1.18 bits per heavy atom. The number of esters is 1. The van der Waals surface area contributed by atoms with Crippen LogP contribution < -0.4 is 5.32 Å². The number of hydrogen-bond donors (Lipinski definition) is 1. The molecule has 0 aliphatic rings. The van der Waals surface area contributed by atoms with Crippen molar-refractivity contribution in [3.63, 3.8) is 0 Å². The first kappa shape index (κ1) is 19.4. The SMILES string of the molecule is CCOC(=O)[C@@H](Cn1ccnc1)C(=O)Nc1cc(C)ccc1-c1ccccc1. The topological polar surface area (TPSA) is 73.2 Å². The highest BCUT2D eigenvalue weighted by Gasteiger charge is 2.29. The van der Waals surface area contributed by atoms with Crippen molar-refractivity contribution < 1.29 is 14.3 Å². The molecule has 0 saturated heterocycles. The first-order valence-corrected chi connectivity index (χ1v) is 9.17. The van der Waals surface area contributed by atoms with Crippen LogP contribution in [0.4, 0.5) is 5.69 Å². The van der Waals surface area contributed by atoms with Crippen LogP contribution in [0.3, 0.4) is 0 Å². The molecule has 6 heteroatoms. The second kappa shape index (κ2) is 8.99. The van der Waals surface area contributed by atoms with Crippen LogP contribution in [0, 0.1) is 12.8 Å². The zero-order valence-electron chi connectivity index (χ0n) is 16.0. The van der Waals surface area contributed by atoms with E-state index in [0.717, 1.165) is 16.7 Å². The van der Waals surface area contributed by atoms with Gasteiger partial charge in [-0.2, -0.15) is 0 Å². The predicted molar refractivity (Wildman–Crippen MR) is 108 cm³/mol. The van der Waals surface area contributed by atoms with Crippen LogP contribution >= 0.6 is 0 Å². The minimum atomic E-state index is -0.974. The van der Waals surface area contributed by atoms with E-state index in [1.807, 2.05) is 55.5 Å². The predicted octanol–water partition coefficient (Wildman–Crippen LogP) is 3.68. The molecule has 0 spiro atoms. The zero-order chi connectivity index (χ0) is 19.9. The van der Waals surface area contributed by atoms with Crippen LogP contribution in [0.5, 0.6) is 0 Å². The fraction of sp³-hybridized carbons (Fsp3) is 0.227. The van der Waals surface area contributed by atoms with Crippen LogP contribution in [0.2, 0.25) is 0 Å². The number of rotatable bonds is 7. The quantitative estimate of drug-likeness (QED) is 0.504. The number of carbonyl (C=O) groups excluding carboxylic acids is 2. The van der Waals surface area contributed by atoms with E-state index in [2.05, 4.69) is 10.3 Å². The summed E-state index contributed by atoms with van der Waals surface area (Å²) < 4.78 is 6.81. The lowest BCUT2D eigenvalue weighted by Crippen LogP contribution is -2.34. The lowest BCUT2D eigenvalue weighted by Gasteiger charge is -2.18. The molecule has 0 radical (unpaired) electrons. The van der Waals surface area contributed by atoms with Gasteiger partial charge in [0.15, 0.2) is 5.92 Å². The lowest BCUT2D eigenvalue weighted by atomic mass is 10.0. The third-order valence-electron chi connectivity index (χ3n) is 4.36. The molecular weight excluding hydrogens is 354 g/mol. The molecule has 0 fully saturated rings. The van der Waals surface area contributed by atoms with Gasteiger partial charge >= 0.3 is 5.97 Å². The van der Waals surface area contributed by atoms with Crippen molar-refractivity contribution in [1.82, 2.24) is 9.55 Å². The number of hydrogen-bond acceptors (Lipinski definition) is 4.